The van der Waals surface area contributed by atoms with Crippen molar-refractivity contribution in [1.29, 1.82) is 0 Å². The number of nitrogens with one attached hydrogen (secondary N) is 1. The van der Waals surface area contributed by atoms with Gasteiger partial charge in [-0.25, -0.2) is 0 Å². The van der Waals surface area contributed by atoms with E-state index in [1.54, 1.807) is 0 Å². The van der Waals surface area contributed by atoms with Gasteiger partial charge in [0.05, 0.1) is 5.41 Å². The van der Waals surface area contributed by atoms with Gasteiger partial charge in [-0.1, -0.05) is 17.7 Å². The number of rotatable bonds is 0. The van der Waals surface area contributed by atoms with Crippen molar-refractivity contribution in [2.75, 3.05) is 25.5 Å². The molecule has 84 valence electrons. The van der Waals surface area contributed by atoms with Crippen LogP contribution in [0.25, 0.3) is 0 Å². The molecule has 0 radical (unpaired) electrons. The summed E-state index contributed by atoms with van der Waals surface area (Å²) in [7, 11) is 2.08. The molecule has 1 aromatic carbocycles. The van der Waals surface area contributed by atoms with Crippen LogP contribution in [0, 0.1) is 6.92 Å². The number of hydrogen-bond acceptors (Lipinski definition) is 2. The van der Waals surface area contributed by atoms with E-state index in [9.17, 15) is 4.79 Å². The van der Waals surface area contributed by atoms with E-state index in [4.69, 9.17) is 0 Å². The first kappa shape index (κ1) is 9.85. The van der Waals surface area contributed by atoms with Gasteiger partial charge >= 0.3 is 0 Å². The van der Waals surface area contributed by atoms with E-state index < -0.39 is 0 Å². The maximum atomic E-state index is 12.2. The van der Waals surface area contributed by atoms with Crippen LogP contribution in [0.2, 0.25) is 0 Å². The molecule has 1 spiro atoms. The summed E-state index contributed by atoms with van der Waals surface area (Å²) in [4.78, 5) is 14.4. The van der Waals surface area contributed by atoms with Crippen LogP contribution in [-0.2, 0) is 10.2 Å². The molecular formula is C13H16N2O. The molecule has 0 aliphatic carbocycles. The van der Waals surface area contributed by atoms with Gasteiger partial charge in [-0.2, -0.15) is 0 Å². The highest BCUT2D eigenvalue weighted by Crippen LogP contribution is 2.43. The lowest BCUT2D eigenvalue weighted by Gasteiger charge is -2.21. The minimum atomic E-state index is -0.282. The van der Waals surface area contributed by atoms with Gasteiger partial charge in [0, 0.05) is 12.2 Å². The van der Waals surface area contributed by atoms with Crippen LogP contribution in [0.4, 0.5) is 5.69 Å². The van der Waals surface area contributed by atoms with E-state index in [1.807, 2.05) is 6.07 Å². The van der Waals surface area contributed by atoms with Gasteiger partial charge in [0.25, 0.3) is 0 Å². The highest BCUT2D eigenvalue weighted by molar-refractivity contribution is 6.06. The second-order valence-electron chi connectivity index (χ2n) is 5.07. The lowest BCUT2D eigenvalue weighted by Crippen LogP contribution is -2.36. The Labute approximate surface area is 95.4 Å². The second kappa shape index (κ2) is 3.08. The van der Waals surface area contributed by atoms with Gasteiger partial charge in [0.1, 0.15) is 0 Å². The van der Waals surface area contributed by atoms with Crippen molar-refractivity contribution in [1.82, 2.24) is 4.90 Å². The van der Waals surface area contributed by atoms with Crippen LogP contribution < -0.4 is 5.32 Å². The number of fused-ring (bicyclic) bond motifs is 2. The fraction of sp³-hybridized carbons (Fsp3) is 0.462. The zero-order valence-electron chi connectivity index (χ0n) is 9.71. The zero-order valence-corrected chi connectivity index (χ0v) is 9.71. The SMILES string of the molecule is Cc1ccc2c(c1)C1(CCN(C)C1)C(=O)N2. The van der Waals surface area contributed by atoms with Gasteiger partial charge in [-0.05, 0) is 38.6 Å². The molecule has 1 saturated heterocycles. The summed E-state index contributed by atoms with van der Waals surface area (Å²) >= 11 is 0. The molecule has 16 heavy (non-hydrogen) atoms. The van der Waals surface area contributed by atoms with Crippen LogP contribution in [0.15, 0.2) is 18.2 Å². The van der Waals surface area contributed by atoms with Crippen molar-refractivity contribution in [3.63, 3.8) is 0 Å². The quantitative estimate of drug-likeness (QED) is 0.713. The molecule has 0 bridgehead atoms. The van der Waals surface area contributed by atoms with Crippen LogP contribution >= 0.6 is 0 Å². The Hall–Kier alpha value is -1.35. The number of likely N-dealkylation sites (tertiary alicyclic amines) is 1. The maximum Gasteiger partial charge on any atom is 0.236 e. The van der Waals surface area contributed by atoms with Crippen LogP contribution in [-0.4, -0.2) is 30.9 Å². The van der Waals surface area contributed by atoms with E-state index in [0.717, 1.165) is 25.2 Å². The number of benzene rings is 1. The van der Waals surface area contributed by atoms with E-state index in [1.165, 1.54) is 11.1 Å². The summed E-state index contributed by atoms with van der Waals surface area (Å²) in [6.45, 7) is 3.92. The number of nitrogens with zero attached hydrogens (tertiary/aromatic N) is 1. The lowest BCUT2D eigenvalue weighted by molar-refractivity contribution is -0.120. The summed E-state index contributed by atoms with van der Waals surface area (Å²) in [5.41, 5.74) is 3.15. The lowest BCUT2D eigenvalue weighted by atomic mass is 9.80. The molecule has 3 rings (SSSR count). The van der Waals surface area contributed by atoms with Gasteiger partial charge in [0.15, 0.2) is 0 Å². The van der Waals surface area contributed by atoms with Gasteiger partial charge in [-0.3, -0.25) is 4.79 Å². The highest BCUT2D eigenvalue weighted by Gasteiger charge is 2.50. The summed E-state index contributed by atoms with van der Waals surface area (Å²) in [6.07, 6.45) is 0.936. The minimum absolute atomic E-state index is 0.178. The van der Waals surface area contributed by atoms with Gasteiger partial charge < -0.3 is 10.2 Å². The molecule has 1 N–H and O–H groups in total. The van der Waals surface area contributed by atoms with Gasteiger partial charge in [0.2, 0.25) is 5.91 Å². The Morgan fingerprint density at radius 3 is 2.94 bits per heavy atom. The number of hydrogen-bond donors (Lipinski definition) is 1. The van der Waals surface area contributed by atoms with Crippen LogP contribution in [0.1, 0.15) is 17.5 Å². The van der Waals surface area contributed by atoms with Crippen molar-refractivity contribution in [3.05, 3.63) is 29.3 Å². The van der Waals surface area contributed by atoms with Crippen LogP contribution in [0.5, 0.6) is 0 Å². The number of aryl methyl sites for hydroxylation is 1. The first-order valence-corrected chi connectivity index (χ1v) is 5.73. The van der Waals surface area contributed by atoms with E-state index in [-0.39, 0.29) is 11.3 Å². The van der Waals surface area contributed by atoms with Crippen molar-refractivity contribution >= 4 is 11.6 Å². The summed E-state index contributed by atoms with van der Waals surface area (Å²) in [5, 5.41) is 3.01. The van der Waals surface area contributed by atoms with Crippen molar-refractivity contribution < 1.29 is 4.79 Å². The topological polar surface area (TPSA) is 32.3 Å². The van der Waals surface area contributed by atoms with E-state index >= 15 is 0 Å². The molecular weight excluding hydrogens is 200 g/mol. The maximum absolute atomic E-state index is 12.2. The average molecular weight is 216 g/mol. The Morgan fingerprint density at radius 1 is 1.44 bits per heavy atom. The van der Waals surface area contributed by atoms with Crippen molar-refractivity contribution in [2.24, 2.45) is 0 Å². The Balaban J connectivity index is 2.15. The molecule has 0 saturated carbocycles. The summed E-state index contributed by atoms with van der Waals surface area (Å²) in [6, 6.07) is 6.23. The average Bonchev–Trinajstić information content (AvgIpc) is 2.74. The zero-order chi connectivity index (χ0) is 11.3. The number of carbonyl (C=O) groups excluding carboxylic acids is 1. The molecule has 0 aromatic heterocycles. The molecule has 2 aliphatic rings. The first-order chi connectivity index (χ1) is 7.62. The molecule has 2 heterocycles. The predicted molar refractivity (Wildman–Crippen MR) is 63.6 cm³/mol. The van der Waals surface area contributed by atoms with Crippen molar-refractivity contribution in [2.45, 2.75) is 18.8 Å². The standard InChI is InChI=1S/C13H16N2O/c1-9-3-4-11-10(7-9)13(12(16)14-11)5-6-15(2)8-13/h3-4,7H,5-6,8H2,1-2H3,(H,14,16). The third kappa shape index (κ3) is 1.15. The molecule has 1 amide bonds. The Morgan fingerprint density at radius 2 is 2.25 bits per heavy atom. The fourth-order valence-electron chi connectivity index (χ4n) is 2.93. The molecule has 3 nitrogen and oxygen atoms in total. The van der Waals surface area contributed by atoms with E-state index in [0.29, 0.717) is 0 Å². The molecule has 1 atom stereocenters. The molecule has 3 heteroatoms. The number of likely N-dealkylation sites (N-methyl/N-ethyl adjacent to an activating group) is 1. The molecule has 1 fully saturated rings. The fourth-order valence-corrected chi connectivity index (χ4v) is 2.93. The van der Waals surface area contributed by atoms with Crippen molar-refractivity contribution in [3.8, 4) is 0 Å². The minimum Gasteiger partial charge on any atom is -0.325 e. The molecule has 1 aromatic rings. The van der Waals surface area contributed by atoms with Crippen LogP contribution in [0.3, 0.4) is 0 Å². The highest BCUT2D eigenvalue weighted by atomic mass is 16.2. The number of anilines is 1. The Kier molecular flexibility index (Phi) is 1.89. The number of amides is 1. The molecule has 2 aliphatic heterocycles. The smallest absolute Gasteiger partial charge is 0.236 e. The number of carbonyl (C=O) groups is 1. The third-order valence-electron chi connectivity index (χ3n) is 3.83. The molecule has 1 unspecified atom stereocenters. The van der Waals surface area contributed by atoms with Gasteiger partial charge in [-0.15, -0.1) is 0 Å². The monoisotopic (exact) mass is 216 g/mol. The summed E-state index contributed by atoms with van der Waals surface area (Å²) < 4.78 is 0. The second-order valence-corrected chi connectivity index (χ2v) is 5.07. The predicted octanol–water partition coefficient (Wildman–Crippen LogP) is 1.52. The third-order valence-corrected chi connectivity index (χ3v) is 3.83. The first-order valence-electron chi connectivity index (χ1n) is 5.73. The normalized spacial score (nSPS) is 28.5. The van der Waals surface area contributed by atoms with E-state index in [2.05, 4.69) is 36.3 Å². The largest absolute Gasteiger partial charge is 0.325 e. The Bertz CT molecular complexity index is 469. The summed E-state index contributed by atoms with van der Waals surface area (Å²) in [5.74, 6) is 0.178.